The molecule has 0 radical (unpaired) electrons. The lowest BCUT2D eigenvalue weighted by atomic mass is 10.0. The third-order valence-corrected chi connectivity index (χ3v) is 4.25. The summed E-state index contributed by atoms with van der Waals surface area (Å²) in [6.45, 7) is 0.385. The van der Waals surface area contributed by atoms with Gasteiger partial charge in [0.2, 0.25) is 0 Å². The van der Waals surface area contributed by atoms with Crippen molar-refractivity contribution in [1.82, 2.24) is 0 Å². The Morgan fingerprint density at radius 1 is 0.960 bits per heavy atom. The number of rotatable bonds is 9. The molecule has 5 heteroatoms. The van der Waals surface area contributed by atoms with Crippen molar-refractivity contribution in [3.05, 3.63) is 53.6 Å². The quantitative estimate of drug-likeness (QED) is 0.709. The molecule has 0 aliphatic carbocycles. The van der Waals surface area contributed by atoms with Crippen molar-refractivity contribution in [2.45, 2.75) is 31.7 Å². The van der Waals surface area contributed by atoms with Gasteiger partial charge in [-0.1, -0.05) is 18.2 Å². The number of epoxide rings is 1. The van der Waals surface area contributed by atoms with Gasteiger partial charge in [0, 0.05) is 0 Å². The molecule has 1 fully saturated rings. The van der Waals surface area contributed by atoms with E-state index in [1.807, 2.05) is 30.3 Å². The van der Waals surface area contributed by atoms with E-state index in [2.05, 4.69) is 12.1 Å². The largest absolute Gasteiger partial charge is 0.493 e. The van der Waals surface area contributed by atoms with E-state index in [4.69, 9.17) is 24.1 Å². The molecule has 5 nitrogen and oxygen atoms in total. The number of methoxy groups -OCH3 is 2. The minimum absolute atomic E-state index is 0.186. The number of aryl methyl sites for hydroxylation is 2. The molecule has 25 heavy (non-hydrogen) atoms. The molecule has 2 unspecified atom stereocenters. The van der Waals surface area contributed by atoms with Crippen molar-refractivity contribution < 1.29 is 24.1 Å². The summed E-state index contributed by atoms with van der Waals surface area (Å²) in [6.07, 6.45) is 2.11. The fourth-order valence-corrected chi connectivity index (χ4v) is 2.76. The van der Waals surface area contributed by atoms with Crippen molar-refractivity contribution in [3.63, 3.8) is 0 Å². The van der Waals surface area contributed by atoms with Gasteiger partial charge in [-0.05, 0) is 54.7 Å². The molecule has 0 bridgehead atoms. The molecule has 1 heterocycles. The van der Waals surface area contributed by atoms with E-state index in [1.165, 1.54) is 11.1 Å². The molecule has 2 aromatic rings. The summed E-state index contributed by atoms with van der Waals surface area (Å²) in [7, 11) is 3.29. The molecule has 0 saturated carbocycles. The number of benzene rings is 2. The van der Waals surface area contributed by atoms with Crippen LogP contribution in [0.2, 0.25) is 0 Å². The van der Waals surface area contributed by atoms with Crippen molar-refractivity contribution in [2.75, 3.05) is 20.8 Å². The second-order valence-corrected chi connectivity index (χ2v) is 6.07. The van der Waals surface area contributed by atoms with E-state index in [9.17, 15) is 0 Å². The minimum Gasteiger partial charge on any atom is -0.493 e. The lowest BCUT2D eigenvalue weighted by Crippen LogP contribution is -2.07. The smallest absolute Gasteiger partial charge is 0.185 e. The Bertz CT molecular complexity index is 700. The summed E-state index contributed by atoms with van der Waals surface area (Å²) in [5, 5.41) is 9.13. The van der Waals surface area contributed by atoms with Gasteiger partial charge in [0.05, 0.1) is 14.2 Å². The van der Waals surface area contributed by atoms with Crippen LogP contribution in [0, 0.1) is 0 Å². The van der Waals surface area contributed by atoms with Gasteiger partial charge in [-0.25, -0.2) is 0 Å². The fraction of sp³-hybridized carbons (Fsp3) is 0.400. The van der Waals surface area contributed by atoms with Crippen LogP contribution in [-0.2, 0) is 17.6 Å². The molecular weight excluding hydrogens is 320 g/mol. The van der Waals surface area contributed by atoms with E-state index >= 15 is 0 Å². The Labute approximate surface area is 148 Å². The molecule has 1 saturated heterocycles. The molecule has 0 spiro atoms. The van der Waals surface area contributed by atoms with Gasteiger partial charge in [-0.3, -0.25) is 0 Å². The lowest BCUT2D eigenvalue weighted by molar-refractivity contribution is 0.155. The molecule has 0 aromatic heterocycles. The van der Waals surface area contributed by atoms with Crippen LogP contribution in [0.5, 0.6) is 17.2 Å². The standard InChI is InChI=1S/C20H24O5/c1-22-17-10-9-15(12-18(17)23-2)6-3-5-14-7-4-8-16(11-14)24-13-19-20(21)25-19/h4,7-12,19-21H,3,5-6,13H2,1-2H3. The average molecular weight is 344 g/mol. The van der Waals surface area contributed by atoms with Crippen LogP contribution in [0.1, 0.15) is 17.5 Å². The predicted molar refractivity (Wildman–Crippen MR) is 94.4 cm³/mol. The predicted octanol–water partition coefficient (Wildman–Crippen LogP) is 2.98. The molecule has 0 amide bonds. The van der Waals surface area contributed by atoms with E-state index in [0.717, 1.165) is 36.5 Å². The third kappa shape index (κ3) is 4.87. The van der Waals surface area contributed by atoms with E-state index < -0.39 is 6.29 Å². The Morgan fingerprint density at radius 3 is 2.36 bits per heavy atom. The monoisotopic (exact) mass is 344 g/mol. The number of hydrogen-bond donors (Lipinski definition) is 1. The maximum atomic E-state index is 9.13. The number of aliphatic hydroxyl groups is 1. The molecule has 2 atom stereocenters. The molecular formula is C20H24O5. The van der Waals surface area contributed by atoms with Gasteiger partial charge in [-0.15, -0.1) is 0 Å². The summed E-state index contributed by atoms with van der Waals surface area (Å²) in [6, 6.07) is 14.1. The second kappa shape index (κ2) is 8.23. The Balaban J connectivity index is 1.50. The van der Waals surface area contributed by atoms with Gasteiger partial charge in [0.25, 0.3) is 0 Å². The van der Waals surface area contributed by atoms with Gasteiger partial charge in [-0.2, -0.15) is 0 Å². The summed E-state index contributed by atoms with van der Waals surface area (Å²) < 4.78 is 21.2. The van der Waals surface area contributed by atoms with Crippen LogP contribution in [0.4, 0.5) is 0 Å². The van der Waals surface area contributed by atoms with Crippen molar-refractivity contribution in [2.24, 2.45) is 0 Å². The van der Waals surface area contributed by atoms with Gasteiger partial charge >= 0.3 is 0 Å². The van der Waals surface area contributed by atoms with Crippen LogP contribution < -0.4 is 14.2 Å². The highest BCUT2D eigenvalue weighted by atomic mass is 16.7. The average Bonchev–Trinajstić information content (AvgIpc) is 3.35. The van der Waals surface area contributed by atoms with Crippen LogP contribution in [0.25, 0.3) is 0 Å². The first-order valence-corrected chi connectivity index (χ1v) is 8.46. The van der Waals surface area contributed by atoms with E-state index in [-0.39, 0.29) is 6.10 Å². The van der Waals surface area contributed by atoms with Crippen LogP contribution in [0.15, 0.2) is 42.5 Å². The highest BCUT2D eigenvalue weighted by molar-refractivity contribution is 5.43. The molecule has 134 valence electrons. The lowest BCUT2D eigenvalue weighted by Gasteiger charge is -2.10. The highest BCUT2D eigenvalue weighted by Gasteiger charge is 2.37. The van der Waals surface area contributed by atoms with Crippen LogP contribution >= 0.6 is 0 Å². The van der Waals surface area contributed by atoms with Gasteiger partial charge in [0.1, 0.15) is 18.5 Å². The first-order valence-electron chi connectivity index (χ1n) is 8.46. The van der Waals surface area contributed by atoms with Crippen LogP contribution in [0.3, 0.4) is 0 Å². The maximum Gasteiger partial charge on any atom is 0.185 e. The maximum absolute atomic E-state index is 9.13. The minimum atomic E-state index is -0.662. The van der Waals surface area contributed by atoms with E-state index in [0.29, 0.717) is 6.61 Å². The third-order valence-electron chi connectivity index (χ3n) is 4.25. The van der Waals surface area contributed by atoms with Crippen molar-refractivity contribution in [1.29, 1.82) is 0 Å². The van der Waals surface area contributed by atoms with E-state index in [1.54, 1.807) is 14.2 Å². The first kappa shape index (κ1) is 17.6. The summed E-state index contributed by atoms with van der Waals surface area (Å²) in [5.74, 6) is 2.33. The topological polar surface area (TPSA) is 60.5 Å². The number of hydrogen-bond acceptors (Lipinski definition) is 5. The SMILES string of the molecule is COc1ccc(CCCc2cccc(OCC3OC3O)c2)cc1OC. The fourth-order valence-electron chi connectivity index (χ4n) is 2.76. The first-order chi connectivity index (χ1) is 12.2. The normalized spacial score (nSPS) is 18.7. The molecule has 1 N–H and O–H groups in total. The summed E-state index contributed by atoms with van der Waals surface area (Å²) in [5.41, 5.74) is 2.46. The van der Waals surface area contributed by atoms with Gasteiger partial charge in [0.15, 0.2) is 17.8 Å². The Morgan fingerprint density at radius 2 is 1.68 bits per heavy atom. The zero-order valence-electron chi connectivity index (χ0n) is 14.6. The summed E-state index contributed by atoms with van der Waals surface area (Å²) in [4.78, 5) is 0. The summed E-state index contributed by atoms with van der Waals surface area (Å²) >= 11 is 0. The molecule has 2 aromatic carbocycles. The molecule has 1 aliphatic heterocycles. The molecule has 3 rings (SSSR count). The van der Waals surface area contributed by atoms with Crippen LogP contribution in [-0.4, -0.2) is 38.3 Å². The Hall–Kier alpha value is -2.24. The number of aliphatic hydroxyl groups excluding tert-OH is 1. The zero-order chi connectivity index (χ0) is 17.6. The van der Waals surface area contributed by atoms with Gasteiger partial charge < -0.3 is 24.1 Å². The second-order valence-electron chi connectivity index (χ2n) is 6.07. The Kier molecular flexibility index (Phi) is 5.79. The zero-order valence-corrected chi connectivity index (χ0v) is 14.6. The number of ether oxygens (including phenoxy) is 4. The molecule has 1 aliphatic rings. The van der Waals surface area contributed by atoms with Crippen molar-refractivity contribution >= 4 is 0 Å². The highest BCUT2D eigenvalue weighted by Crippen LogP contribution is 2.28. The van der Waals surface area contributed by atoms with Crippen molar-refractivity contribution in [3.8, 4) is 17.2 Å².